The van der Waals surface area contributed by atoms with Crippen molar-refractivity contribution >= 4 is 29.5 Å². The van der Waals surface area contributed by atoms with Crippen molar-refractivity contribution in [3.63, 3.8) is 0 Å². The molecule has 0 bridgehead atoms. The number of carbonyl (C=O) groups excluding carboxylic acids is 1. The second-order valence-corrected chi connectivity index (χ2v) is 10.7. The minimum atomic E-state index is -0.835. The molecule has 2 fully saturated rings. The first-order chi connectivity index (χ1) is 18.9. The molecule has 0 unspecified atom stereocenters. The number of aromatic nitrogens is 1. The summed E-state index contributed by atoms with van der Waals surface area (Å²) >= 11 is 6.45. The molecule has 2 aromatic carbocycles. The molecule has 0 radical (unpaired) electrons. The second kappa shape index (κ2) is 12.1. The van der Waals surface area contributed by atoms with E-state index in [9.17, 15) is 14.7 Å². The van der Waals surface area contributed by atoms with Crippen molar-refractivity contribution in [2.45, 2.75) is 38.5 Å². The number of likely N-dealkylation sites (tertiary alicyclic amines) is 1. The Labute approximate surface area is 234 Å². The van der Waals surface area contributed by atoms with E-state index in [4.69, 9.17) is 21.3 Å². The van der Waals surface area contributed by atoms with Crippen LogP contribution < -0.4 is 4.90 Å². The third-order valence-corrected chi connectivity index (χ3v) is 8.12. The van der Waals surface area contributed by atoms with Gasteiger partial charge >= 0.3 is 12.1 Å². The van der Waals surface area contributed by atoms with Gasteiger partial charge in [0.2, 0.25) is 0 Å². The van der Waals surface area contributed by atoms with Gasteiger partial charge in [-0.3, -0.25) is 4.79 Å². The minimum Gasteiger partial charge on any atom is -0.466 e. The van der Waals surface area contributed by atoms with Crippen molar-refractivity contribution < 1.29 is 19.4 Å². The van der Waals surface area contributed by atoms with Gasteiger partial charge in [-0.2, -0.15) is 0 Å². The highest BCUT2D eigenvalue weighted by Gasteiger charge is 2.27. The number of hydrogen-bond donors (Lipinski definition) is 1. The normalized spacial score (nSPS) is 16.8. The largest absolute Gasteiger partial charge is 0.466 e. The number of ether oxygens (including phenoxy) is 1. The van der Waals surface area contributed by atoms with Gasteiger partial charge in [-0.15, -0.1) is 0 Å². The summed E-state index contributed by atoms with van der Waals surface area (Å²) in [4.78, 5) is 32.1. The van der Waals surface area contributed by atoms with E-state index in [1.165, 1.54) is 10.5 Å². The van der Waals surface area contributed by atoms with E-state index in [1.807, 2.05) is 43.3 Å². The lowest BCUT2D eigenvalue weighted by Crippen LogP contribution is -2.37. The van der Waals surface area contributed by atoms with Gasteiger partial charge in [-0.05, 0) is 79.5 Å². The van der Waals surface area contributed by atoms with Gasteiger partial charge < -0.3 is 19.6 Å². The van der Waals surface area contributed by atoms with Crippen LogP contribution in [-0.2, 0) is 9.53 Å². The van der Waals surface area contributed by atoms with E-state index in [0.717, 1.165) is 67.0 Å². The molecule has 7 nitrogen and oxygen atoms in total. The zero-order valence-electron chi connectivity index (χ0n) is 22.2. The van der Waals surface area contributed by atoms with Gasteiger partial charge in [0.25, 0.3) is 0 Å². The Morgan fingerprint density at radius 1 is 0.949 bits per heavy atom. The first-order valence-corrected chi connectivity index (χ1v) is 14.1. The smallest absolute Gasteiger partial charge is 0.407 e. The molecule has 1 amide bonds. The Balaban J connectivity index is 1.34. The van der Waals surface area contributed by atoms with E-state index in [1.54, 1.807) is 0 Å². The lowest BCUT2D eigenvalue weighted by atomic mass is 9.88. The van der Waals surface area contributed by atoms with Crippen LogP contribution in [0.15, 0.2) is 60.7 Å². The topological polar surface area (TPSA) is 83.0 Å². The van der Waals surface area contributed by atoms with E-state index in [-0.39, 0.29) is 11.9 Å². The van der Waals surface area contributed by atoms with E-state index < -0.39 is 6.09 Å². The summed E-state index contributed by atoms with van der Waals surface area (Å²) in [5, 5.41) is 9.88. The number of esters is 1. The highest BCUT2D eigenvalue weighted by Crippen LogP contribution is 2.36. The van der Waals surface area contributed by atoms with Gasteiger partial charge in [-0.1, -0.05) is 48.0 Å². The highest BCUT2D eigenvalue weighted by molar-refractivity contribution is 6.31. The van der Waals surface area contributed by atoms with Crippen molar-refractivity contribution in [1.29, 1.82) is 0 Å². The second-order valence-electron chi connectivity index (χ2n) is 10.3. The molecule has 0 atom stereocenters. The quantitative estimate of drug-likeness (QED) is 0.345. The summed E-state index contributed by atoms with van der Waals surface area (Å²) in [5.74, 6) is 1.12. The third-order valence-electron chi connectivity index (χ3n) is 7.89. The highest BCUT2D eigenvalue weighted by atomic mass is 35.5. The number of halogens is 1. The molecule has 3 aromatic rings. The predicted octanol–water partition coefficient (Wildman–Crippen LogP) is 6.71. The summed E-state index contributed by atoms with van der Waals surface area (Å²) < 4.78 is 5.21. The molecule has 0 saturated carbocycles. The van der Waals surface area contributed by atoms with Crippen LogP contribution in [-0.4, -0.2) is 59.8 Å². The number of nitrogens with zero attached hydrogens (tertiary/aromatic N) is 3. The number of amides is 1. The Bertz CT molecular complexity index is 1310. The SMILES string of the molecule is CCOC(=O)C1CCN(c2cccc(-c3cc(Cl)ccc3-c3ccc(C4CCN(C(=O)O)CC4)cc3)n2)CC1. The van der Waals surface area contributed by atoms with Crippen molar-refractivity contribution in [3.05, 3.63) is 71.2 Å². The number of pyridine rings is 1. The fraction of sp³-hybridized carbons (Fsp3) is 0.387. The summed E-state index contributed by atoms with van der Waals surface area (Å²) in [5.41, 5.74) is 5.19. The van der Waals surface area contributed by atoms with Crippen molar-refractivity contribution in [1.82, 2.24) is 9.88 Å². The molecule has 5 rings (SSSR count). The van der Waals surface area contributed by atoms with Crippen LogP contribution in [0, 0.1) is 5.92 Å². The van der Waals surface area contributed by atoms with Crippen molar-refractivity contribution in [2.75, 3.05) is 37.7 Å². The zero-order valence-corrected chi connectivity index (χ0v) is 22.9. The van der Waals surface area contributed by atoms with Crippen LogP contribution in [0.3, 0.4) is 0 Å². The number of carbonyl (C=O) groups is 2. The molecule has 2 aliphatic heterocycles. The van der Waals surface area contributed by atoms with Crippen molar-refractivity contribution in [3.8, 4) is 22.4 Å². The van der Waals surface area contributed by atoms with Crippen LogP contribution in [0.1, 0.15) is 44.1 Å². The monoisotopic (exact) mass is 547 g/mol. The molecule has 2 aliphatic rings. The summed E-state index contributed by atoms with van der Waals surface area (Å²) in [6.45, 7) is 4.93. The molecule has 1 aromatic heterocycles. The molecule has 2 saturated heterocycles. The first kappa shape index (κ1) is 27.0. The lowest BCUT2D eigenvalue weighted by molar-refractivity contribution is -0.148. The molecule has 204 valence electrons. The third kappa shape index (κ3) is 6.19. The van der Waals surface area contributed by atoms with Crippen molar-refractivity contribution in [2.24, 2.45) is 5.92 Å². The van der Waals surface area contributed by atoms with Crippen LogP contribution in [0.2, 0.25) is 5.02 Å². The molecule has 1 N–H and O–H groups in total. The molecule has 0 spiro atoms. The van der Waals surface area contributed by atoms with Gasteiger partial charge in [0.15, 0.2) is 0 Å². The van der Waals surface area contributed by atoms with Gasteiger partial charge in [0, 0.05) is 36.8 Å². The fourth-order valence-corrected chi connectivity index (χ4v) is 5.84. The molecule has 8 heteroatoms. The number of anilines is 1. The predicted molar refractivity (Wildman–Crippen MR) is 153 cm³/mol. The summed E-state index contributed by atoms with van der Waals surface area (Å²) in [6, 6.07) is 20.5. The summed E-state index contributed by atoms with van der Waals surface area (Å²) in [6.07, 6.45) is 2.36. The lowest BCUT2D eigenvalue weighted by Gasteiger charge is -2.32. The van der Waals surface area contributed by atoms with Crippen LogP contribution in [0.5, 0.6) is 0 Å². The Kier molecular flexibility index (Phi) is 8.36. The van der Waals surface area contributed by atoms with E-state index in [0.29, 0.717) is 30.6 Å². The molecule has 39 heavy (non-hydrogen) atoms. The fourth-order valence-electron chi connectivity index (χ4n) is 5.67. The number of piperidine rings is 2. The molecular weight excluding hydrogens is 514 g/mol. The van der Waals surface area contributed by atoms with Gasteiger partial charge in [0.05, 0.1) is 18.2 Å². The average molecular weight is 548 g/mol. The molecule has 3 heterocycles. The van der Waals surface area contributed by atoms with Crippen LogP contribution >= 0.6 is 11.6 Å². The Hall–Kier alpha value is -3.58. The minimum absolute atomic E-state index is 0.0448. The molecular formula is C31H34ClN3O4. The Morgan fingerprint density at radius 2 is 1.67 bits per heavy atom. The molecule has 0 aliphatic carbocycles. The number of benzene rings is 2. The number of hydrogen-bond acceptors (Lipinski definition) is 5. The maximum atomic E-state index is 12.1. The van der Waals surface area contributed by atoms with Crippen LogP contribution in [0.25, 0.3) is 22.4 Å². The zero-order chi connectivity index (χ0) is 27.4. The Morgan fingerprint density at radius 3 is 2.33 bits per heavy atom. The number of carboxylic acid groups (broad SMARTS) is 1. The maximum Gasteiger partial charge on any atom is 0.407 e. The first-order valence-electron chi connectivity index (χ1n) is 13.7. The van der Waals surface area contributed by atoms with Gasteiger partial charge in [-0.25, -0.2) is 9.78 Å². The number of rotatable bonds is 6. The standard InChI is InChI=1S/C31H34ClN3O4/c1-2-39-30(36)24-14-16-34(17-15-24)29-5-3-4-28(33-29)27-20-25(32)10-11-26(27)23-8-6-21(7-9-23)22-12-18-35(19-13-22)31(37)38/h3-11,20,22,24H,2,12-19H2,1H3,(H,37,38). The van der Waals surface area contributed by atoms with E-state index in [2.05, 4.69) is 29.2 Å². The maximum absolute atomic E-state index is 12.1. The summed E-state index contributed by atoms with van der Waals surface area (Å²) in [7, 11) is 0. The van der Waals surface area contributed by atoms with Gasteiger partial charge in [0.1, 0.15) is 5.82 Å². The van der Waals surface area contributed by atoms with Crippen LogP contribution in [0.4, 0.5) is 10.6 Å². The average Bonchev–Trinajstić information content (AvgIpc) is 2.97. The van der Waals surface area contributed by atoms with E-state index >= 15 is 0 Å².